The van der Waals surface area contributed by atoms with Crippen molar-refractivity contribution in [3.63, 3.8) is 0 Å². The van der Waals surface area contributed by atoms with E-state index in [1.54, 1.807) is 36.8 Å². The first-order valence-corrected chi connectivity index (χ1v) is 6.71. The maximum Gasteiger partial charge on any atom is 0.209 e. The molecule has 1 atom stereocenters. The number of rotatable bonds is 6. The molecule has 0 amide bonds. The fraction of sp³-hybridized carbons (Fsp3) is 0.667. The van der Waals surface area contributed by atoms with E-state index >= 15 is 0 Å². The number of ketones is 1. The van der Waals surface area contributed by atoms with Crippen molar-refractivity contribution >= 4 is 39.4 Å². The molecule has 0 aliphatic carbocycles. The standard InChI is InChI=1S/C9H15BrN4OS/c1-7(15)8(10)5-16-4-3-14(2)9(12)13-6-11/h8H,3-5H2,1-2H3,(H2,12,13). The smallest absolute Gasteiger partial charge is 0.209 e. The predicted molar refractivity (Wildman–Crippen MR) is 70.6 cm³/mol. The Hall–Kier alpha value is -0.740. The van der Waals surface area contributed by atoms with Crippen molar-refractivity contribution in [2.24, 2.45) is 10.7 Å². The summed E-state index contributed by atoms with van der Waals surface area (Å²) in [5, 5.41) is 8.30. The fourth-order valence-electron chi connectivity index (χ4n) is 0.757. The van der Waals surface area contributed by atoms with Gasteiger partial charge in [0.15, 0.2) is 0 Å². The van der Waals surface area contributed by atoms with Crippen molar-refractivity contribution in [1.82, 2.24) is 4.90 Å². The van der Waals surface area contributed by atoms with Gasteiger partial charge < -0.3 is 10.6 Å². The number of halogens is 1. The molecule has 0 bridgehead atoms. The Bertz CT molecular complexity index is 302. The SMILES string of the molecule is CC(=O)C(Br)CSCCN(C)C(N)=NC#N. The molecule has 0 aromatic rings. The summed E-state index contributed by atoms with van der Waals surface area (Å²) in [6, 6.07) is 0. The molecule has 0 rings (SSSR count). The van der Waals surface area contributed by atoms with Crippen LogP contribution in [0.3, 0.4) is 0 Å². The van der Waals surface area contributed by atoms with Crippen LogP contribution in [0.4, 0.5) is 0 Å². The van der Waals surface area contributed by atoms with Gasteiger partial charge in [-0.05, 0) is 6.92 Å². The summed E-state index contributed by atoms with van der Waals surface area (Å²) in [4.78, 5) is 16.0. The monoisotopic (exact) mass is 306 g/mol. The van der Waals surface area contributed by atoms with Crippen LogP contribution in [0.25, 0.3) is 0 Å². The molecule has 0 radical (unpaired) electrons. The Labute approximate surface area is 108 Å². The lowest BCUT2D eigenvalue weighted by Gasteiger charge is -2.16. The zero-order valence-electron chi connectivity index (χ0n) is 9.31. The average Bonchev–Trinajstić information content (AvgIpc) is 2.23. The molecule has 0 aromatic carbocycles. The van der Waals surface area contributed by atoms with E-state index in [0.29, 0.717) is 6.54 Å². The summed E-state index contributed by atoms with van der Waals surface area (Å²) >= 11 is 4.94. The van der Waals surface area contributed by atoms with Crippen LogP contribution in [-0.4, -0.2) is 46.6 Å². The van der Waals surface area contributed by atoms with Crippen LogP contribution < -0.4 is 5.73 Å². The molecule has 0 spiro atoms. The third-order valence-electron chi connectivity index (χ3n) is 1.83. The highest BCUT2D eigenvalue weighted by molar-refractivity contribution is 9.10. The van der Waals surface area contributed by atoms with Crippen LogP contribution in [-0.2, 0) is 4.79 Å². The van der Waals surface area contributed by atoms with Crippen molar-refractivity contribution in [3.8, 4) is 6.19 Å². The number of nitrogens with zero attached hydrogens (tertiary/aromatic N) is 3. The highest BCUT2D eigenvalue weighted by atomic mass is 79.9. The maximum atomic E-state index is 10.9. The Morgan fingerprint density at radius 3 is 2.88 bits per heavy atom. The summed E-state index contributed by atoms with van der Waals surface area (Å²) in [5.41, 5.74) is 5.50. The lowest BCUT2D eigenvalue weighted by molar-refractivity contribution is -0.116. The summed E-state index contributed by atoms with van der Waals surface area (Å²) in [6.45, 7) is 2.25. The molecule has 0 saturated heterocycles. The fourth-order valence-corrected chi connectivity index (χ4v) is 2.33. The van der Waals surface area contributed by atoms with Crippen molar-refractivity contribution in [2.75, 3.05) is 25.1 Å². The largest absolute Gasteiger partial charge is 0.369 e. The second-order valence-electron chi connectivity index (χ2n) is 3.14. The first-order valence-electron chi connectivity index (χ1n) is 4.64. The number of hydrogen-bond donors (Lipinski definition) is 1. The highest BCUT2D eigenvalue weighted by Gasteiger charge is 2.09. The number of thioether (sulfide) groups is 1. The van der Waals surface area contributed by atoms with Crippen molar-refractivity contribution in [2.45, 2.75) is 11.8 Å². The molecule has 7 heteroatoms. The van der Waals surface area contributed by atoms with Gasteiger partial charge in [0, 0.05) is 25.1 Å². The number of hydrogen-bond acceptors (Lipinski definition) is 4. The first-order chi connectivity index (χ1) is 7.49. The molecule has 0 saturated carbocycles. The van der Waals surface area contributed by atoms with Gasteiger partial charge in [0.1, 0.15) is 5.78 Å². The van der Waals surface area contributed by atoms with E-state index in [1.165, 1.54) is 0 Å². The number of Topliss-reactive ketones (excluding diaryl/α,β-unsaturated/α-hetero) is 1. The molecule has 16 heavy (non-hydrogen) atoms. The number of carbonyl (C=O) groups is 1. The summed E-state index contributed by atoms with van der Waals surface area (Å²) < 4.78 is 0. The topological polar surface area (TPSA) is 82.5 Å². The molecule has 0 aliphatic heterocycles. The highest BCUT2D eigenvalue weighted by Crippen LogP contribution is 2.10. The van der Waals surface area contributed by atoms with E-state index in [1.807, 2.05) is 0 Å². The maximum absolute atomic E-state index is 10.9. The van der Waals surface area contributed by atoms with Gasteiger partial charge in [0.25, 0.3) is 0 Å². The van der Waals surface area contributed by atoms with Gasteiger partial charge >= 0.3 is 0 Å². The van der Waals surface area contributed by atoms with Gasteiger partial charge in [-0.3, -0.25) is 4.79 Å². The van der Waals surface area contributed by atoms with E-state index in [0.717, 1.165) is 11.5 Å². The summed E-state index contributed by atoms with van der Waals surface area (Å²) in [5.74, 6) is 1.91. The Balaban J connectivity index is 3.72. The summed E-state index contributed by atoms with van der Waals surface area (Å²) in [6.07, 6.45) is 1.63. The number of alkyl halides is 1. The Morgan fingerprint density at radius 1 is 1.75 bits per heavy atom. The van der Waals surface area contributed by atoms with Gasteiger partial charge in [0.05, 0.1) is 4.83 Å². The number of nitriles is 1. The van der Waals surface area contributed by atoms with Crippen LogP contribution in [0, 0.1) is 11.5 Å². The predicted octanol–water partition coefficient (Wildman–Crippen LogP) is 0.800. The second-order valence-corrected chi connectivity index (χ2v) is 5.40. The average molecular weight is 307 g/mol. The third-order valence-corrected chi connectivity index (χ3v) is 4.27. The lowest BCUT2D eigenvalue weighted by Crippen LogP contribution is -2.35. The number of carbonyl (C=O) groups excluding carboxylic acids is 1. The molecule has 90 valence electrons. The Kier molecular flexibility index (Phi) is 8.03. The quantitative estimate of drug-likeness (QED) is 0.258. The lowest BCUT2D eigenvalue weighted by atomic mass is 10.3. The third kappa shape index (κ3) is 6.69. The second kappa shape index (κ2) is 8.42. The van der Waals surface area contributed by atoms with E-state index < -0.39 is 0 Å². The molecular formula is C9H15BrN4OS. The molecule has 1 unspecified atom stereocenters. The van der Waals surface area contributed by atoms with Gasteiger partial charge in [-0.25, -0.2) is 0 Å². The minimum atomic E-state index is -0.0899. The minimum Gasteiger partial charge on any atom is -0.369 e. The zero-order valence-corrected chi connectivity index (χ0v) is 11.7. The van der Waals surface area contributed by atoms with Crippen LogP contribution in [0.2, 0.25) is 0 Å². The number of aliphatic imine (C=N–C) groups is 1. The minimum absolute atomic E-state index is 0.0899. The van der Waals surface area contributed by atoms with Crippen LogP contribution in [0.1, 0.15) is 6.92 Å². The van der Waals surface area contributed by atoms with Crippen molar-refractivity contribution in [1.29, 1.82) is 5.26 Å². The van der Waals surface area contributed by atoms with Gasteiger partial charge in [0.2, 0.25) is 12.2 Å². The van der Waals surface area contributed by atoms with E-state index in [2.05, 4.69) is 20.9 Å². The molecule has 0 heterocycles. The molecule has 0 aromatic heterocycles. The Morgan fingerprint density at radius 2 is 2.38 bits per heavy atom. The normalized spacial score (nSPS) is 13.0. The van der Waals surface area contributed by atoms with E-state index in [-0.39, 0.29) is 16.6 Å². The zero-order chi connectivity index (χ0) is 12.6. The first kappa shape index (κ1) is 15.3. The van der Waals surface area contributed by atoms with Crippen LogP contribution >= 0.6 is 27.7 Å². The van der Waals surface area contributed by atoms with Gasteiger partial charge in [-0.15, -0.1) is 4.99 Å². The van der Waals surface area contributed by atoms with E-state index in [9.17, 15) is 4.79 Å². The van der Waals surface area contributed by atoms with Crippen molar-refractivity contribution < 1.29 is 4.79 Å². The van der Waals surface area contributed by atoms with Gasteiger partial charge in [-0.2, -0.15) is 17.0 Å². The van der Waals surface area contributed by atoms with Crippen LogP contribution in [0.5, 0.6) is 0 Å². The van der Waals surface area contributed by atoms with Crippen molar-refractivity contribution in [3.05, 3.63) is 0 Å². The number of guanidine groups is 1. The van der Waals surface area contributed by atoms with Crippen LogP contribution in [0.15, 0.2) is 4.99 Å². The molecule has 0 fully saturated rings. The van der Waals surface area contributed by atoms with Gasteiger partial charge in [-0.1, -0.05) is 15.9 Å². The molecular weight excluding hydrogens is 292 g/mol. The molecule has 2 N–H and O–H groups in total. The summed E-state index contributed by atoms with van der Waals surface area (Å²) in [7, 11) is 1.77. The van der Waals surface area contributed by atoms with E-state index in [4.69, 9.17) is 11.0 Å². The molecule has 0 aliphatic rings. The molecule has 5 nitrogen and oxygen atoms in total. The number of nitrogens with two attached hydrogens (primary N) is 1.